The highest BCUT2D eigenvalue weighted by Crippen LogP contribution is 2.43. The second kappa shape index (κ2) is 15.0. The number of carboxylic acid groups (broad SMARTS) is 1. The van der Waals surface area contributed by atoms with Gasteiger partial charge < -0.3 is 24.7 Å². The zero-order valence-electron chi connectivity index (χ0n) is 27.0. The van der Waals surface area contributed by atoms with Gasteiger partial charge in [-0.3, -0.25) is 0 Å². The van der Waals surface area contributed by atoms with E-state index in [1.165, 1.54) is 0 Å². The predicted octanol–water partition coefficient (Wildman–Crippen LogP) is 7.72. The van der Waals surface area contributed by atoms with Crippen molar-refractivity contribution in [3.63, 3.8) is 0 Å². The molecule has 1 fully saturated rings. The molecule has 1 saturated carbocycles. The van der Waals surface area contributed by atoms with Gasteiger partial charge in [0.05, 0.1) is 35.9 Å². The van der Waals surface area contributed by atoms with Crippen LogP contribution < -0.4 is 15.2 Å². The van der Waals surface area contributed by atoms with E-state index in [2.05, 4.69) is 84.2 Å². The molecule has 0 aliphatic heterocycles. The monoisotopic (exact) mass is 635 g/mol. The molecule has 0 bridgehead atoms. The first-order chi connectivity index (χ1) is 23.5. The average molecular weight is 636 g/mol. The molecule has 6 nitrogen and oxygen atoms in total. The summed E-state index contributed by atoms with van der Waals surface area (Å²) in [5.41, 5.74) is 5.11. The summed E-state index contributed by atoms with van der Waals surface area (Å²) in [6, 6.07) is 44.7. The topological polar surface area (TPSA) is 94.4 Å². The summed E-state index contributed by atoms with van der Waals surface area (Å²) in [6.45, 7) is 2.03. The molecule has 0 spiro atoms. The van der Waals surface area contributed by atoms with Gasteiger partial charge in [0.25, 0.3) is 0 Å². The van der Waals surface area contributed by atoms with Crippen LogP contribution in [-0.2, 0) is 21.6 Å². The van der Waals surface area contributed by atoms with Crippen LogP contribution in [0.3, 0.4) is 0 Å². The average Bonchev–Trinajstić information content (AvgIpc) is 3.14. The molecule has 5 aromatic rings. The number of nitrogens with zero attached hydrogens (tertiary/aromatic N) is 1. The van der Waals surface area contributed by atoms with Crippen molar-refractivity contribution < 1.29 is 19.4 Å². The fourth-order valence-electron chi connectivity index (χ4n) is 6.64. The van der Waals surface area contributed by atoms with E-state index >= 15 is 0 Å². The van der Waals surface area contributed by atoms with Crippen LogP contribution in [-0.4, -0.2) is 18.2 Å². The van der Waals surface area contributed by atoms with Gasteiger partial charge in [-0.05, 0) is 96.3 Å². The largest absolute Gasteiger partial charge is 0.548 e. The molecule has 0 aromatic heterocycles. The van der Waals surface area contributed by atoms with Crippen LogP contribution in [0.4, 0.5) is 5.69 Å². The van der Waals surface area contributed by atoms with Crippen LogP contribution in [0.2, 0.25) is 0 Å². The van der Waals surface area contributed by atoms with Gasteiger partial charge in [0, 0.05) is 5.69 Å². The van der Waals surface area contributed by atoms with Crippen LogP contribution in [0.5, 0.6) is 5.75 Å². The zero-order chi connectivity index (χ0) is 33.3. The number of carbonyl (C=O) groups is 1. The Hall–Kier alpha value is -5.38. The molecule has 6 rings (SSSR count). The first kappa shape index (κ1) is 32.6. The van der Waals surface area contributed by atoms with E-state index < -0.39 is 17.6 Å². The van der Waals surface area contributed by atoms with E-state index in [4.69, 9.17) is 14.7 Å². The third-order valence-corrected chi connectivity index (χ3v) is 9.10. The van der Waals surface area contributed by atoms with Crippen LogP contribution in [0.15, 0.2) is 133 Å². The number of carbonyl (C=O) groups excluding carboxylic acids is 1. The third kappa shape index (κ3) is 7.27. The normalized spacial score (nSPS) is 16.8. The first-order valence-electron chi connectivity index (χ1n) is 16.6. The van der Waals surface area contributed by atoms with Crippen molar-refractivity contribution >= 4 is 11.7 Å². The summed E-state index contributed by atoms with van der Waals surface area (Å²) < 4.78 is 13.8. The number of anilines is 1. The minimum atomic E-state index is -1.24. The molecular weight excluding hydrogens is 596 g/mol. The molecule has 1 aliphatic carbocycles. The molecule has 1 unspecified atom stereocenters. The fourth-order valence-corrected chi connectivity index (χ4v) is 6.64. The highest BCUT2D eigenvalue weighted by Gasteiger charge is 2.40. The molecular formula is C42H39N2O4-. The lowest BCUT2D eigenvalue weighted by atomic mass is 9.79. The molecule has 0 heterocycles. The number of ether oxygens (including phenoxy) is 2. The molecule has 1 N–H and O–H groups in total. The Morgan fingerprint density at radius 2 is 1.31 bits per heavy atom. The number of nitrogens with one attached hydrogen (secondary N) is 1. The maximum absolute atomic E-state index is 12.3. The van der Waals surface area contributed by atoms with Gasteiger partial charge in [-0.2, -0.15) is 5.26 Å². The summed E-state index contributed by atoms with van der Waals surface area (Å²) in [7, 11) is 0. The molecule has 48 heavy (non-hydrogen) atoms. The zero-order valence-corrected chi connectivity index (χ0v) is 27.0. The minimum absolute atomic E-state index is 0.00194. The predicted molar refractivity (Wildman–Crippen MR) is 185 cm³/mol. The summed E-state index contributed by atoms with van der Waals surface area (Å²) in [4.78, 5) is 12.3. The van der Waals surface area contributed by atoms with Gasteiger partial charge >= 0.3 is 0 Å². The molecule has 0 saturated heterocycles. The van der Waals surface area contributed by atoms with Crippen LogP contribution in [0.1, 0.15) is 72.0 Å². The summed E-state index contributed by atoms with van der Waals surface area (Å²) in [5.74, 6) is -0.594. The summed E-state index contributed by atoms with van der Waals surface area (Å²) in [6.07, 6.45) is 3.94. The Labute approximate surface area is 282 Å². The molecule has 5 aromatic carbocycles. The number of carboxylic acids is 1. The van der Waals surface area contributed by atoms with Crippen molar-refractivity contribution in [2.75, 3.05) is 5.32 Å². The van der Waals surface area contributed by atoms with Crippen LogP contribution in [0.25, 0.3) is 0 Å². The number of rotatable bonds is 12. The van der Waals surface area contributed by atoms with Gasteiger partial charge in [0.2, 0.25) is 0 Å². The standard InChI is InChI=1S/C42H40N2O4/c1-2-30-26-32(40(41(45)46)44-36-20-18-31(29-43)19-21-36)28-39(27-30)47-37-22-24-38(25-23-37)48-42(33-12-6-3-7-13-33,34-14-8-4-9-15-34)35-16-10-5-11-17-35/h3-21,26-28,37-38,40,44H,2,22-25H2,1H3,(H,45,46)/p-1. The van der Waals surface area contributed by atoms with Gasteiger partial charge in [-0.1, -0.05) is 104 Å². The van der Waals surface area contributed by atoms with Crippen molar-refractivity contribution in [2.45, 2.75) is 62.9 Å². The maximum atomic E-state index is 12.3. The highest BCUT2D eigenvalue weighted by molar-refractivity contribution is 5.78. The number of aliphatic carboxylic acids is 1. The Morgan fingerprint density at radius 3 is 1.79 bits per heavy atom. The maximum Gasteiger partial charge on any atom is 0.144 e. The molecule has 1 aliphatic rings. The van der Waals surface area contributed by atoms with Crippen molar-refractivity contribution in [3.05, 3.63) is 167 Å². The lowest BCUT2D eigenvalue weighted by Gasteiger charge is -2.41. The Kier molecular flexibility index (Phi) is 10.2. The molecule has 0 amide bonds. The Bertz CT molecular complexity index is 1730. The molecule has 242 valence electrons. The first-order valence-corrected chi connectivity index (χ1v) is 16.6. The SMILES string of the molecule is CCc1cc(OC2CCC(OC(c3ccccc3)(c3ccccc3)c3ccccc3)CC2)cc(C(Nc2ccc(C#N)cc2)C(=O)[O-])c1. The van der Waals surface area contributed by atoms with E-state index in [0.29, 0.717) is 22.6 Å². The number of aryl methyl sites for hydroxylation is 1. The van der Waals surface area contributed by atoms with Gasteiger partial charge in [0.1, 0.15) is 11.4 Å². The third-order valence-electron chi connectivity index (χ3n) is 9.10. The summed E-state index contributed by atoms with van der Waals surface area (Å²) >= 11 is 0. The van der Waals surface area contributed by atoms with Gasteiger partial charge in [-0.25, -0.2) is 0 Å². The van der Waals surface area contributed by atoms with Crippen molar-refractivity contribution in [1.82, 2.24) is 0 Å². The van der Waals surface area contributed by atoms with Gasteiger partial charge in [0.15, 0.2) is 0 Å². The molecule has 6 heteroatoms. The second-order valence-electron chi connectivity index (χ2n) is 12.3. The smallest absolute Gasteiger partial charge is 0.144 e. The molecule has 1 atom stereocenters. The van der Waals surface area contributed by atoms with Crippen LogP contribution >= 0.6 is 0 Å². The number of hydrogen-bond donors (Lipinski definition) is 1. The van der Waals surface area contributed by atoms with Crippen LogP contribution in [0, 0.1) is 11.3 Å². The van der Waals surface area contributed by atoms with Crippen molar-refractivity contribution in [3.8, 4) is 11.8 Å². The lowest BCUT2D eigenvalue weighted by Crippen LogP contribution is -2.39. The number of benzene rings is 5. The quantitative estimate of drug-likeness (QED) is 0.141. The fraction of sp³-hybridized carbons (Fsp3) is 0.238. The number of hydrogen-bond acceptors (Lipinski definition) is 6. The summed E-state index contributed by atoms with van der Waals surface area (Å²) in [5, 5.41) is 24.5. The van der Waals surface area contributed by atoms with E-state index in [1.807, 2.05) is 37.3 Å². The van der Waals surface area contributed by atoms with E-state index in [1.54, 1.807) is 30.3 Å². The second-order valence-corrected chi connectivity index (χ2v) is 12.3. The lowest BCUT2D eigenvalue weighted by molar-refractivity contribution is -0.307. The Morgan fingerprint density at radius 1 is 0.792 bits per heavy atom. The van der Waals surface area contributed by atoms with Crippen molar-refractivity contribution in [1.29, 1.82) is 5.26 Å². The number of nitriles is 1. The highest BCUT2D eigenvalue weighted by atomic mass is 16.5. The van der Waals surface area contributed by atoms with Crippen molar-refractivity contribution in [2.24, 2.45) is 0 Å². The Balaban J connectivity index is 1.20. The van der Waals surface area contributed by atoms with Gasteiger partial charge in [-0.15, -0.1) is 0 Å². The van der Waals surface area contributed by atoms with E-state index in [9.17, 15) is 9.90 Å². The van der Waals surface area contributed by atoms with E-state index in [0.717, 1.165) is 54.4 Å². The molecule has 0 radical (unpaired) electrons. The van der Waals surface area contributed by atoms with E-state index in [-0.39, 0.29) is 12.2 Å². The minimum Gasteiger partial charge on any atom is -0.548 e.